The summed E-state index contributed by atoms with van der Waals surface area (Å²) < 4.78 is 7.43. The maximum atomic E-state index is 13.3. The van der Waals surface area contributed by atoms with Crippen molar-refractivity contribution in [3.8, 4) is 0 Å². The van der Waals surface area contributed by atoms with Crippen molar-refractivity contribution in [2.45, 2.75) is 63.9 Å². The molecule has 1 aliphatic carbocycles. The predicted molar refractivity (Wildman–Crippen MR) is 103 cm³/mol. The lowest BCUT2D eigenvalue weighted by atomic mass is 9.67. The van der Waals surface area contributed by atoms with E-state index in [0.717, 1.165) is 43.4 Å². The second-order valence-electron chi connectivity index (χ2n) is 8.53. The highest BCUT2D eigenvalue weighted by atomic mass is 79.9. The Hall–Kier alpha value is -1.90. The van der Waals surface area contributed by atoms with E-state index in [1.165, 1.54) is 4.52 Å². The van der Waals surface area contributed by atoms with Crippen LogP contribution in [0.5, 0.6) is 0 Å². The molecule has 0 radical (unpaired) electrons. The van der Waals surface area contributed by atoms with Crippen LogP contribution in [0.15, 0.2) is 9.53 Å². The van der Waals surface area contributed by atoms with E-state index < -0.39 is 5.60 Å². The molecular formula is C18H24BrN5O3. The molecule has 0 bridgehead atoms. The number of H-pyrrole nitrogens is 1. The number of halogens is 1. The molecule has 0 aromatic carbocycles. The number of piperidine rings is 1. The van der Waals surface area contributed by atoms with Gasteiger partial charge in [-0.15, -0.1) is 0 Å². The molecule has 1 saturated heterocycles. The number of aryl methyl sites for hydroxylation is 1. The summed E-state index contributed by atoms with van der Waals surface area (Å²) in [4.78, 5) is 36.5. The zero-order valence-corrected chi connectivity index (χ0v) is 17.4. The van der Waals surface area contributed by atoms with Crippen LogP contribution in [0.25, 0.3) is 5.78 Å². The van der Waals surface area contributed by atoms with Crippen LogP contribution in [0.3, 0.4) is 0 Å². The summed E-state index contributed by atoms with van der Waals surface area (Å²) in [6.07, 6.45) is 3.98. The van der Waals surface area contributed by atoms with Crippen LogP contribution in [0, 0.1) is 0 Å². The third-order valence-electron chi connectivity index (χ3n) is 5.37. The Balaban J connectivity index is 1.75. The summed E-state index contributed by atoms with van der Waals surface area (Å²) in [6, 6.07) is 0. The minimum atomic E-state index is -0.540. The fourth-order valence-corrected chi connectivity index (χ4v) is 4.72. The Morgan fingerprint density at radius 3 is 2.74 bits per heavy atom. The van der Waals surface area contributed by atoms with Gasteiger partial charge in [0, 0.05) is 24.1 Å². The molecule has 2 aromatic rings. The van der Waals surface area contributed by atoms with Crippen LogP contribution in [-0.2, 0) is 16.6 Å². The molecule has 146 valence electrons. The Bertz CT molecular complexity index is 960. The molecule has 1 N–H and O–H groups in total. The highest BCUT2D eigenvalue weighted by molar-refractivity contribution is 9.10. The highest BCUT2D eigenvalue weighted by Gasteiger charge is 2.45. The van der Waals surface area contributed by atoms with Gasteiger partial charge in [-0.25, -0.2) is 9.78 Å². The van der Waals surface area contributed by atoms with Gasteiger partial charge in [-0.1, -0.05) is 0 Å². The molecule has 9 heteroatoms. The second kappa shape index (κ2) is 6.32. The third-order valence-corrected chi connectivity index (χ3v) is 5.73. The number of nitrogens with zero attached hydrogens (tertiary/aromatic N) is 4. The Morgan fingerprint density at radius 1 is 1.26 bits per heavy atom. The van der Waals surface area contributed by atoms with Crippen molar-refractivity contribution in [2.75, 3.05) is 13.1 Å². The molecule has 1 unspecified atom stereocenters. The van der Waals surface area contributed by atoms with Crippen LogP contribution in [0.2, 0.25) is 0 Å². The van der Waals surface area contributed by atoms with E-state index in [1.807, 2.05) is 20.8 Å². The Kier molecular flexibility index (Phi) is 4.32. The maximum absolute atomic E-state index is 13.3. The van der Waals surface area contributed by atoms with E-state index in [1.54, 1.807) is 4.90 Å². The molecule has 0 saturated carbocycles. The molecule has 8 nitrogen and oxygen atoms in total. The van der Waals surface area contributed by atoms with E-state index >= 15 is 0 Å². The van der Waals surface area contributed by atoms with Crippen molar-refractivity contribution in [3.05, 3.63) is 26.3 Å². The standard InChI is InChI=1S/C18H24BrN5O3/c1-17(2,3)27-16(26)23-9-5-8-18(10-23)7-4-6-11-12(18)13(25)24-15(20-11)21-14(19)22-24/h4-10H2,1-3H3,(H,20,21,22). The number of ether oxygens (including phenoxy) is 1. The van der Waals surface area contributed by atoms with Gasteiger partial charge < -0.3 is 9.64 Å². The van der Waals surface area contributed by atoms with Gasteiger partial charge in [-0.3, -0.25) is 9.89 Å². The molecule has 1 amide bonds. The molecule has 1 fully saturated rings. The van der Waals surface area contributed by atoms with Crippen LogP contribution >= 0.6 is 15.9 Å². The molecule has 1 spiro atoms. The number of hydrogen-bond acceptors (Lipinski definition) is 5. The van der Waals surface area contributed by atoms with Crippen molar-refractivity contribution >= 4 is 27.8 Å². The lowest BCUT2D eigenvalue weighted by Gasteiger charge is -2.45. The summed E-state index contributed by atoms with van der Waals surface area (Å²) in [5.41, 5.74) is 0.527. The van der Waals surface area contributed by atoms with Gasteiger partial charge in [0.25, 0.3) is 11.3 Å². The molecule has 2 aliphatic rings. The van der Waals surface area contributed by atoms with E-state index in [4.69, 9.17) is 4.74 Å². The summed E-state index contributed by atoms with van der Waals surface area (Å²) in [6.45, 7) is 6.74. The van der Waals surface area contributed by atoms with Crippen molar-refractivity contribution in [1.82, 2.24) is 24.5 Å². The number of hydrogen-bond donors (Lipinski definition) is 1. The quantitative estimate of drug-likeness (QED) is 0.683. The average Bonchev–Trinajstić information content (AvgIpc) is 2.94. The predicted octanol–water partition coefficient (Wildman–Crippen LogP) is 2.79. The van der Waals surface area contributed by atoms with Crippen LogP contribution in [0.1, 0.15) is 57.7 Å². The van der Waals surface area contributed by atoms with E-state index in [-0.39, 0.29) is 17.1 Å². The summed E-state index contributed by atoms with van der Waals surface area (Å²) in [7, 11) is 0. The number of fused-ring (bicyclic) bond motifs is 3. The van der Waals surface area contributed by atoms with E-state index in [0.29, 0.717) is 23.6 Å². The number of carbonyl (C=O) groups is 1. The van der Waals surface area contributed by atoms with Gasteiger partial charge in [-0.05, 0) is 68.8 Å². The zero-order valence-electron chi connectivity index (χ0n) is 15.8. The lowest BCUT2D eigenvalue weighted by molar-refractivity contribution is 0.0117. The molecule has 27 heavy (non-hydrogen) atoms. The largest absolute Gasteiger partial charge is 0.444 e. The van der Waals surface area contributed by atoms with Gasteiger partial charge in [-0.2, -0.15) is 9.50 Å². The highest BCUT2D eigenvalue weighted by Crippen LogP contribution is 2.42. The van der Waals surface area contributed by atoms with Gasteiger partial charge in [0.15, 0.2) is 4.73 Å². The van der Waals surface area contributed by atoms with Crippen molar-refractivity contribution in [2.24, 2.45) is 0 Å². The van der Waals surface area contributed by atoms with Crippen molar-refractivity contribution < 1.29 is 9.53 Å². The molecule has 1 atom stereocenters. The normalized spacial score (nSPS) is 22.9. The number of likely N-dealkylation sites (tertiary alicyclic amines) is 1. The zero-order chi connectivity index (χ0) is 19.4. The number of carbonyl (C=O) groups excluding carboxylic acids is 1. The number of aromatic nitrogens is 4. The maximum Gasteiger partial charge on any atom is 0.410 e. The van der Waals surface area contributed by atoms with Crippen LogP contribution in [0.4, 0.5) is 4.79 Å². The van der Waals surface area contributed by atoms with Gasteiger partial charge in [0.1, 0.15) is 5.60 Å². The van der Waals surface area contributed by atoms with E-state index in [9.17, 15) is 9.59 Å². The summed E-state index contributed by atoms with van der Waals surface area (Å²) in [5, 5.41) is 2.91. The fraction of sp³-hybridized carbons (Fsp3) is 0.667. The molecule has 1 aliphatic heterocycles. The first kappa shape index (κ1) is 18.5. The molecular weight excluding hydrogens is 414 g/mol. The minimum Gasteiger partial charge on any atom is -0.444 e. The van der Waals surface area contributed by atoms with Gasteiger partial charge >= 0.3 is 6.09 Å². The molecule has 4 rings (SSSR count). The fourth-order valence-electron chi connectivity index (χ4n) is 4.39. The number of nitrogens with one attached hydrogen (secondary N) is 1. The number of amides is 1. The minimum absolute atomic E-state index is 0.112. The second-order valence-corrected chi connectivity index (χ2v) is 9.28. The number of aromatic amines is 1. The Morgan fingerprint density at radius 2 is 2.00 bits per heavy atom. The third kappa shape index (κ3) is 3.26. The lowest BCUT2D eigenvalue weighted by Crippen LogP contribution is -2.53. The summed E-state index contributed by atoms with van der Waals surface area (Å²) in [5.74, 6) is 0.377. The molecule has 2 aromatic heterocycles. The van der Waals surface area contributed by atoms with Crippen LogP contribution in [-0.4, -0.2) is 49.3 Å². The monoisotopic (exact) mass is 437 g/mol. The number of rotatable bonds is 0. The average molecular weight is 438 g/mol. The van der Waals surface area contributed by atoms with Gasteiger partial charge in [0.2, 0.25) is 0 Å². The topological polar surface area (TPSA) is 92.6 Å². The van der Waals surface area contributed by atoms with Crippen LogP contribution < -0.4 is 5.56 Å². The smallest absolute Gasteiger partial charge is 0.410 e. The van der Waals surface area contributed by atoms with E-state index in [2.05, 4.69) is 31.0 Å². The van der Waals surface area contributed by atoms with Gasteiger partial charge in [0.05, 0.1) is 5.69 Å². The Labute approximate surface area is 165 Å². The first-order valence-corrected chi connectivity index (χ1v) is 10.1. The first-order chi connectivity index (χ1) is 12.7. The molecule has 3 heterocycles. The first-order valence-electron chi connectivity index (χ1n) is 9.34. The summed E-state index contributed by atoms with van der Waals surface area (Å²) >= 11 is 3.28. The van der Waals surface area contributed by atoms with Crippen molar-refractivity contribution in [1.29, 1.82) is 0 Å². The SMILES string of the molecule is CC(C)(C)OC(=O)N1CCCC2(CCCc3nc4nc(Br)[nH]n4c(=O)c32)C1. The van der Waals surface area contributed by atoms with Crippen molar-refractivity contribution in [3.63, 3.8) is 0 Å².